The first-order valence-corrected chi connectivity index (χ1v) is 15.7. The minimum absolute atomic E-state index is 0.266. The molecule has 0 atom stereocenters. The van der Waals surface area contributed by atoms with E-state index in [9.17, 15) is 9.59 Å². The number of carbonyl (C=O) groups is 2. The first-order chi connectivity index (χ1) is 22.9. The maximum atomic E-state index is 12.4. The predicted octanol–water partition coefficient (Wildman–Crippen LogP) is 9.66. The summed E-state index contributed by atoms with van der Waals surface area (Å²) in [6.07, 6.45) is 0. The summed E-state index contributed by atoms with van der Waals surface area (Å²) in [4.78, 5) is 24.7. The molecule has 8 heteroatoms. The number of nitrogens with zero attached hydrogens (tertiary/aromatic N) is 2. The summed E-state index contributed by atoms with van der Waals surface area (Å²) in [6.45, 7) is 16.2. The summed E-state index contributed by atoms with van der Waals surface area (Å²) in [5, 5.41) is 13.5. The Kier molecular flexibility index (Phi) is 10.0. The standard InChI is InChI=1S/2C20H20N2O2/c1-12-5-8-17(15(4)9-12)19-11-18(22-24-19)20(23)21-16-7-6-13(2)14(3)10-16;1-12-7-13(2)9-16(8-12)19-11-18(22-24-19)20(23)21-17-6-5-14(3)15(4)10-17/h2*5-11H,1-4H3,(H,21,23). The Bertz CT molecular complexity index is 2100. The molecule has 6 aromatic rings. The Labute approximate surface area is 281 Å². The van der Waals surface area contributed by atoms with Crippen LogP contribution in [0.3, 0.4) is 0 Å². The maximum Gasteiger partial charge on any atom is 0.277 e. The number of hydrogen-bond donors (Lipinski definition) is 2. The molecule has 0 fully saturated rings. The summed E-state index contributed by atoms with van der Waals surface area (Å²) in [5.74, 6) is 0.625. The van der Waals surface area contributed by atoms with Crippen molar-refractivity contribution in [2.24, 2.45) is 0 Å². The van der Waals surface area contributed by atoms with Gasteiger partial charge in [-0.05, 0) is 120 Å². The van der Waals surface area contributed by atoms with E-state index in [4.69, 9.17) is 9.05 Å². The number of amides is 2. The molecule has 2 aromatic heterocycles. The van der Waals surface area contributed by atoms with Gasteiger partial charge >= 0.3 is 0 Å². The topological polar surface area (TPSA) is 110 Å². The fourth-order valence-electron chi connectivity index (χ4n) is 5.26. The van der Waals surface area contributed by atoms with Gasteiger partial charge < -0.3 is 19.7 Å². The summed E-state index contributed by atoms with van der Waals surface area (Å²) < 4.78 is 10.7. The SMILES string of the molecule is Cc1cc(C)cc(-c2cc(C(=O)Nc3ccc(C)c(C)c3)no2)c1.Cc1ccc(-c2cc(C(=O)Nc3ccc(C)c(C)c3)no2)c(C)c1. The highest BCUT2D eigenvalue weighted by Crippen LogP contribution is 2.26. The highest BCUT2D eigenvalue weighted by atomic mass is 16.5. The van der Waals surface area contributed by atoms with Gasteiger partial charge in [0, 0.05) is 34.6 Å². The summed E-state index contributed by atoms with van der Waals surface area (Å²) in [6, 6.07) is 27.1. The lowest BCUT2D eigenvalue weighted by atomic mass is 10.0. The van der Waals surface area contributed by atoms with Crippen molar-refractivity contribution in [3.05, 3.63) is 141 Å². The quantitative estimate of drug-likeness (QED) is 0.188. The van der Waals surface area contributed by atoms with E-state index < -0.39 is 0 Å². The minimum atomic E-state index is -0.280. The summed E-state index contributed by atoms with van der Waals surface area (Å²) in [5.41, 5.74) is 13.1. The minimum Gasteiger partial charge on any atom is -0.355 e. The third-order valence-electron chi connectivity index (χ3n) is 8.17. The Hall–Kier alpha value is -5.76. The largest absolute Gasteiger partial charge is 0.355 e. The first kappa shape index (κ1) is 33.6. The third-order valence-corrected chi connectivity index (χ3v) is 8.17. The van der Waals surface area contributed by atoms with E-state index in [1.165, 1.54) is 16.7 Å². The van der Waals surface area contributed by atoms with E-state index in [1.807, 2.05) is 116 Å². The Balaban J connectivity index is 0.000000188. The van der Waals surface area contributed by atoms with Crippen LogP contribution in [0.1, 0.15) is 65.5 Å². The van der Waals surface area contributed by atoms with Crippen LogP contribution >= 0.6 is 0 Å². The summed E-state index contributed by atoms with van der Waals surface area (Å²) >= 11 is 0. The number of carbonyl (C=O) groups excluding carboxylic acids is 2. The number of nitrogens with one attached hydrogen (secondary N) is 2. The number of hydrogen-bond acceptors (Lipinski definition) is 6. The molecule has 2 amide bonds. The van der Waals surface area contributed by atoms with Crippen molar-refractivity contribution < 1.29 is 18.6 Å². The first-order valence-electron chi connectivity index (χ1n) is 15.7. The van der Waals surface area contributed by atoms with Gasteiger partial charge in [0.25, 0.3) is 11.8 Å². The van der Waals surface area contributed by atoms with Crippen molar-refractivity contribution in [1.82, 2.24) is 10.3 Å². The molecule has 244 valence electrons. The van der Waals surface area contributed by atoms with Crippen molar-refractivity contribution in [3.8, 4) is 22.6 Å². The van der Waals surface area contributed by atoms with Gasteiger partial charge in [0.05, 0.1) is 0 Å². The second-order valence-corrected chi connectivity index (χ2v) is 12.4. The van der Waals surface area contributed by atoms with E-state index >= 15 is 0 Å². The highest BCUT2D eigenvalue weighted by Gasteiger charge is 2.16. The molecule has 0 saturated heterocycles. The zero-order valence-corrected chi connectivity index (χ0v) is 28.6. The van der Waals surface area contributed by atoms with Crippen molar-refractivity contribution in [3.63, 3.8) is 0 Å². The van der Waals surface area contributed by atoms with Crippen LogP contribution in [0.2, 0.25) is 0 Å². The fraction of sp³-hybridized carbons (Fsp3) is 0.200. The number of anilines is 2. The lowest BCUT2D eigenvalue weighted by molar-refractivity contribution is 0.101. The molecule has 0 aliphatic heterocycles. The second kappa shape index (κ2) is 14.3. The lowest BCUT2D eigenvalue weighted by Crippen LogP contribution is -2.12. The van der Waals surface area contributed by atoms with Crippen LogP contribution in [0.4, 0.5) is 11.4 Å². The molecule has 0 aliphatic carbocycles. The maximum absolute atomic E-state index is 12.4. The molecular weight excluding hydrogens is 600 g/mol. The average Bonchev–Trinajstić information content (AvgIpc) is 3.72. The van der Waals surface area contributed by atoms with E-state index in [-0.39, 0.29) is 23.2 Å². The smallest absolute Gasteiger partial charge is 0.277 e. The molecule has 0 saturated carbocycles. The van der Waals surface area contributed by atoms with Crippen molar-refractivity contribution in [1.29, 1.82) is 0 Å². The Morgan fingerprint density at radius 3 is 1.48 bits per heavy atom. The normalized spacial score (nSPS) is 10.7. The van der Waals surface area contributed by atoms with Gasteiger partial charge in [-0.25, -0.2) is 0 Å². The van der Waals surface area contributed by atoms with Crippen molar-refractivity contribution >= 4 is 23.2 Å². The van der Waals surface area contributed by atoms with Gasteiger partial charge in [-0.15, -0.1) is 0 Å². The van der Waals surface area contributed by atoms with Crippen molar-refractivity contribution in [2.75, 3.05) is 10.6 Å². The van der Waals surface area contributed by atoms with E-state index in [1.54, 1.807) is 12.1 Å². The molecule has 0 unspecified atom stereocenters. The van der Waals surface area contributed by atoms with Crippen LogP contribution in [0.25, 0.3) is 22.6 Å². The molecule has 2 heterocycles. The molecule has 0 aliphatic rings. The molecule has 4 aromatic carbocycles. The monoisotopic (exact) mass is 640 g/mol. The van der Waals surface area contributed by atoms with Crippen LogP contribution in [-0.2, 0) is 0 Å². The van der Waals surface area contributed by atoms with Crippen molar-refractivity contribution in [2.45, 2.75) is 55.4 Å². The molecule has 0 radical (unpaired) electrons. The van der Waals surface area contributed by atoms with Gasteiger partial charge in [-0.1, -0.05) is 63.4 Å². The number of aromatic nitrogens is 2. The van der Waals surface area contributed by atoms with Gasteiger partial charge in [0.2, 0.25) is 0 Å². The molecular formula is C40H40N4O4. The van der Waals surface area contributed by atoms with Crippen LogP contribution in [-0.4, -0.2) is 22.1 Å². The zero-order valence-electron chi connectivity index (χ0n) is 28.6. The van der Waals surface area contributed by atoms with Crippen LogP contribution < -0.4 is 10.6 Å². The fourth-order valence-corrected chi connectivity index (χ4v) is 5.26. The van der Waals surface area contributed by atoms with Gasteiger partial charge in [0.15, 0.2) is 22.9 Å². The molecule has 2 N–H and O–H groups in total. The Morgan fingerprint density at radius 2 is 0.979 bits per heavy atom. The number of aryl methyl sites for hydroxylation is 8. The molecule has 6 rings (SSSR count). The van der Waals surface area contributed by atoms with Crippen LogP contribution in [0.15, 0.2) is 94.0 Å². The average molecular weight is 641 g/mol. The van der Waals surface area contributed by atoms with E-state index in [2.05, 4.69) is 33.1 Å². The van der Waals surface area contributed by atoms with E-state index in [0.717, 1.165) is 50.3 Å². The molecule has 0 spiro atoms. The second-order valence-electron chi connectivity index (χ2n) is 12.4. The molecule has 0 bridgehead atoms. The number of rotatable bonds is 6. The van der Waals surface area contributed by atoms with Gasteiger partial charge in [0.1, 0.15) is 0 Å². The Morgan fingerprint density at radius 1 is 0.479 bits per heavy atom. The molecule has 48 heavy (non-hydrogen) atoms. The molecule has 8 nitrogen and oxygen atoms in total. The highest BCUT2D eigenvalue weighted by molar-refractivity contribution is 6.04. The van der Waals surface area contributed by atoms with Gasteiger partial charge in [-0.2, -0.15) is 0 Å². The lowest BCUT2D eigenvalue weighted by Gasteiger charge is -2.05. The third kappa shape index (κ3) is 8.14. The zero-order chi connectivity index (χ0) is 34.5. The van der Waals surface area contributed by atoms with E-state index in [0.29, 0.717) is 11.5 Å². The van der Waals surface area contributed by atoms with Crippen LogP contribution in [0, 0.1) is 55.4 Å². The predicted molar refractivity (Wildman–Crippen MR) is 191 cm³/mol. The summed E-state index contributed by atoms with van der Waals surface area (Å²) in [7, 11) is 0. The number of benzene rings is 4. The van der Waals surface area contributed by atoms with Gasteiger partial charge in [-0.3, -0.25) is 9.59 Å². The van der Waals surface area contributed by atoms with Crippen LogP contribution in [0.5, 0.6) is 0 Å².